The van der Waals surface area contributed by atoms with E-state index in [0.717, 1.165) is 0 Å². The van der Waals surface area contributed by atoms with E-state index >= 15 is 0 Å². The number of carbonyl (C=O) groups excluding carboxylic acids is 2. The van der Waals surface area contributed by atoms with Crippen LogP contribution >= 0.6 is 0 Å². The summed E-state index contributed by atoms with van der Waals surface area (Å²) in [6, 6.07) is 0. The molecule has 0 heterocycles. The molecule has 100 valence electrons. The third kappa shape index (κ3) is 4.75. The van der Waals surface area contributed by atoms with Gasteiger partial charge in [0.05, 0.1) is 13.2 Å². The Morgan fingerprint density at radius 2 is 1.24 bits per heavy atom. The second-order valence-corrected chi connectivity index (χ2v) is 5.51. The van der Waals surface area contributed by atoms with E-state index in [2.05, 4.69) is 0 Å². The Morgan fingerprint density at radius 1 is 0.882 bits per heavy atom. The van der Waals surface area contributed by atoms with Crippen LogP contribution in [0.2, 0.25) is 0 Å². The Balaban J connectivity index is 5.06. The minimum Gasteiger partial charge on any atom is -0.465 e. The van der Waals surface area contributed by atoms with Gasteiger partial charge in [-0.2, -0.15) is 0 Å². The molecule has 0 radical (unpaired) electrons. The summed E-state index contributed by atoms with van der Waals surface area (Å²) in [6.07, 6.45) is 0.400. The lowest BCUT2D eigenvalue weighted by molar-refractivity contribution is -0.173. The molecule has 0 saturated carbocycles. The van der Waals surface area contributed by atoms with E-state index in [1.54, 1.807) is 20.8 Å². The highest BCUT2D eigenvalue weighted by atomic mass is 16.6. The van der Waals surface area contributed by atoms with E-state index in [-0.39, 0.29) is 18.6 Å². The number of hydrogen-bond donors (Lipinski definition) is 0. The van der Waals surface area contributed by atoms with Crippen LogP contribution in [0.4, 0.5) is 0 Å². The Kier molecular flexibility index (Phi) is 5.66. The van der Waals surface area contributed by atoms with Crippen molar-refractivity contribution in [2.24, 2.45) is 10.8 Å². The molecule has 17 heavy (non-hydrogen) atoms. The molecule has 4 heteroatoms. The van der Waals surface area contributed by atoms with Gasteiger partial charge in [-0.1, -0.05) is 20.8 Å². The van der Waals surface area contributed by atoms with Crippen molar-refractivity contribution < 1.29 is 19.1 Å². The molecule has 0 aliphatic carbocycles. The van der Waals surface area contributed by atoms with E-state index < -0.39 is 17.4 Å². The van der Waals surface area contributed by atoms with Crippen LogP contribution < -0.4 is 0 Å². The fourth-order valence-electron chi connectivity index (χ4n) is 1.87. The van der Waals surface area contributed by atoms with Crippen LogP contribution in [0.1, 0.15) is 48.0 Å². The highest BCUT2D eigenvalue weighted by Gasteiger charge is 2.46. The van der Waals surface area contributed by atoms with E-state index in [1.165, 1.54) is 0 Å². The van der Waals surface area contributed by atoms with Crippen molar-refractivity contribution in [1.29, 1.82) is 0 Å². The van der Waals surface area contributed by atoms with Crippen molar-refractivity contribution in [3.63, 3.8) is 0 Å². The highest BCUT2D eigenvalue weighted by molar-refractivity contribution is 5.99. The van der Waals surface area contributed by atoms with Gasteiger partial charge in [0.1, 0.15) is 0 Å². The topological polar surface area (TPSA) is 52.6 Å². The van der Waals surface area contributed by atoms with Crippen molar-refractivity contribution in [3.05, 3.63) is 0 Å². The Morgan fingerprint density at radius 3 is 1.47 bits per heavy atom. The first kappa shape index (κ1) is 15.9. The molecular weight excluding hydrogens is 220 g/mol. The summed E-state index contributed by atoms with van der Waals surface area (Å²) in [5, 5.41) is 0. The highest BCUT2D eigenvalue weighted by Crippen LogP contribution is 2.35. The van der Waals surface area contributed by atoms with Crippen LogP contribution in [-0.2, 0) is 19.1 Å². The van der Waals surface area contributed by atoms with Gasteiger partial charge in [0, 0.05) is 0 Å². The number of esters is 2. The molecule has 0 aliphatic rings. The van der Waals surface area contributed by atoms with Crippen LogP contribution in [0.3, 0.4) is 0 Å². The first-order chi connectivity index (χ1) is 7.67. The molecule has 0 saturated heterocycles. The summed E-state index contributed by atoms with van der Waals surface area (Å²) in [5.74, 6) is -1.01. The quantitative estimate of drug-likeness (QED) is 0.551. The van der Waals surface area contributed by atoms with Crippen LogP contribution in [0.15, 0.2) is 0 Å². The lowest BCUT2D eigenvalue weighted by Gasteiger charge is -2.31. The number of rotatable bonds is 5. The minimum atomic E-state index is -1.22. The fourth-order valence-corrected chi connectivity index (χ4v) is 1.87. The average molecular weight is 244 g/mol. The van der Waals surface area contributed by atoms with Gasteiger partial charge >= 0.3 is 11.9 Å². The molecule has 0 unspecified atom stereocenters. The van der Waals surface area contributed by atoms with Crippen molar-refractivity contribution >= 4 is 11.9 Å². The lowest BCUT2D eigenvalue weighted by Crippen LogP contribution is -2.42. The minimum absolute atomic E-state index is 0.158. The molecule has 0 aromatic heterocycles. The molecule has 4 nitrogen and oxygen atoms in total. The van der Waals surface area contributed by atoms with Crippen LogP contribution in [0.25, 0.3) is 0 Å². The summed E-state index contributed by atoms with van der Waals surface area (Å²) >= 11 is 0. The monoisotopic (exact) mass is 244 g/mol. The van der Waals surface area contributed by atoms with Crippen molar-refractivity contribution in [2.75, 3.05) is 13.2 Å². The van der Waals surface area contributed by atoms with Gasteiger partial charge in [-0.15, -0.1) is 0 Å². The van der Waals surface area contributed by atoms with Crippen LogP contribution in [-0.4, -0.2) is 25.2 Å². The number of ether oxygens (including phenoxy) is 2. The summed E-state index contributed by atoms with van der Waals surface area (Å²) in [5.41, 5.74) is -1.38. The first-order valence-electron chi connectivity index (χ1n) is 6.02. The third-order valence-electron chi connectivity index (χ3n) is 2.34. The molecule has 0 fully saturated rings. The zero-order valence-electron chi connectivity index (χ0n) is 11.8. The van der Waals surface area contributed by atoms with Crippen molar-refractivity contribution in [3.8, 4) is 0 Å². The first-order valence-corrected chi connectivity index (χ1v) is 6.02. The summed E-state index contributed by atoms with van der Waals surface area (Å²) < 4.78 is 9.96. The van der Waals surface area contributed by atoms with Gasteiger partial charge in [0.15, 0.2) is 5.41 Å². The van der Waals surface area contributed by atoms with Gasteiger partial charge in [-0.3, -0.25) is 9.59 Å². The molecule has 0 bridgehead atoms. The van der Waals surface area contributed by atoms with Gasteiger partial charge in [0.2, 0.25) is 0 Å². The van der Waals surface area contributed by atoms with E-state index in [4.69, 9.17) is 9.47 Å². The zero-order chi connectivity index (χ0) is 13.7. The second kappa shape index (κ2) is 6.03. The molecule has 0 atom stereocenters. The Bertz CT molecular complexity index is 258. The van der Waals surface area contributed by atoms with Crippen molar-refractivity contribution in [1.82, 2.24) is 0 Å². The standard InChI is InChI=1S/C13H24O4/c1-7-16-10(14)13(6,9-12(3,4)5)11(15)17-8-2/h7-9H2,1-6H3. The summed E-state index contributed by atoms with van der Waals surface area (Å²) in [6.45, 7) is 11.5. The summed E-state index contributed by atoms with van der Waals surface area (Å²) in [4.78, 5) is 23.9. The summed E-state index contributed by atoms with van der Waals surface area (Å²) in [7, 11) is 0. The predicted molar refractivity (Wildman–Crippen MR) is 65.4 cm³/mol. The Labute approximate surface area is 104 Å². The number of carbonyl (C=O) groups is 2. The van der Waals surface area contributed by atoms with Gasteiger partial charge < -0.3 is 9.47 Å². The molecule has 0 N–H and O–H groups in total. The van der Waals surface area contributed by atoms with E-state index in [9.17, 15) is 9.59 Å². The average Bonchev–Trinajstić information content (AvgIpc) is 2.15. The molecule has 0 rings (SSSR count). The smallest absolute Gasteiger partial charge is 0.323 e. The van der Waals surface area contributed by atoms with Gasteiger partial charge in [0.25, 0.3) is 0 Å². The van der Waals surface area contributed by atoms with E-state index in [0.29, 0.717) is 6.42 Å². The van der Waals surface area contributed by atoms with E-state index in [1.807, 2.05) is 20.8 Å². The normalized spacial score (nSPS) is 12.1. The molecule has 0 amide bonds. The molecule has 0 spiro atoms. The van der Waals surface area contributed by atoms with Gasteiger partial charge in [-0.25, -0.2) is 0 Å². The molecule has 0 aliphatic heterocycles. The maximum absolute atomic E-state index is 11.9. The molecular formula is C13H24O4. The van der Waals surface area contributed by atoms with Crippen molar-refractivity contribution in [2.45, 2.75) is 48.0 Å². The maximum Gasteiger partial charge on any atom is 0.323 e. The van der Waals surface area contributed by atoms with Crippen LogP contribution in [0, 0.1) is 10.8 Å². The third-order valence-corrected chi connectivity index (χ3v) is 2.34. The Hall–Kier alpha value is -1.06. The van der Waals surface area contributed by atoms with Gasteiger partial charge in [-0.05, 0) is 32.6 Å². The second-order valence-electron chi connectivity index (χ2n) is 5.51. The molecule has 0 aromatic carbocycles. The molecule has 0 aromatic rings. The van der Waals surface area contributed by atoms with Crippen LogP contribution in [0.5, 0.6) is 0 Å². The SMILES string of the molecule is CCOC(=O)C(C)(CC(C)(C)C)C(=O)OCC. The number of hydrogen-bond acceptors (Lipinski definition) is 4. The zero-order valence-corrected chi connectivity index (χ0v) is 11.8. The fraction of sp³-hybridized carbons (Fsp3) is 0.846. The lowest BCUT2D eigenvalue weighted by atomic mass is 9.75. The maximum atomic E-state index is 11.9. The predicted octanol–water partition coefficient (Wildman–Crippen LogP) is 2.56. The largest absolute Gasteiger partial charge is 0.465 e.